The third-order valence-electron chi connectivity index (χ3n) is 6.36. The van der Waals surface area contributed by atoms with Gasteiger partial charge in [0.05, 0.1) is 31.3 Å². The Morgan fingerprint density at radius 1 is 1.08 bits per heavy atom. The summed E-state index contributed by atoms with van der Waals surface area (Å²) in [5.74, 6) is 2.01. The standard InChI is InChI=1S/C29H28N4O3/c1-4-15-33-27-17-22(36-3)13-14-25(27)31-28(33)26(16-20-18-30-24-8-6-5-7-23(20)24)32-29(34)19-9-11-21(35-2)12-10-19/h4-14,17-18,26,30H,1,15-16H2,2-3H3,(H,32,34). The quantitative estimate of drug-likeness (QED) is 0.276. The van der Waals surface area contributed by atoms with Gasteiger partial charge in [0.2, 0.25) is 0 Å². The Kier molecular flexibility index (Phi) is 6.45. The van der Waals surface area contributed by atoms with E-state index in [0.717, 1.165) is 39.1 Å². The zero-order chi connectivity index (χ0) is 25.1. The summed E-state index contributed by atoms with van der Waals surface area (Å²) in [4.78, 5) is 21.7. The number of hydrogen-bond acceptors (Lipinski definition) is 4. The molecule has 0 bridgehead atoms. The second-order valence-corrected chi connectivity index (χ2v) is 8.54. The first-order valence-electron chi connectivity index (χ1n) is 11.8. The van der Waals surface area contributed by atoms with Gasteiger partial charge in [0.25, 0.3) is 5.91 Å². The van der Waals surface area contributed by atoms with Gasteiger partial charge in [0, 0.05) is 41.7 Å². The Morgan fingerprint density at radius 2 is 1.83 bits per heavy atom. The number of carbonyl (C=O) groups is 1. The first kappa shape index (κ1) is 23.2. The number of allylic oxidation sites excluding steroid dienone is 1. The predicted molar refractivity (Wildman–Crippen MR) is 142 cm³/mol. The summed E-state index contributed by atoms with van der Waals surface area (Å²) in [7, 11) is 3.25. The summed E-state index contributed by atoms with van der Waals surface area (Å²) in [5, 5.41) is 4.36. The van der Waals surface area contributed by atoms with Gasteiger partial charge in [-0.3, -0.25) is 4.79 Å². The van der Waals surface area contributed by atoms with Crippen LogP contribution in [-0.2, 0) is 13.0 Å². The normalized spacial score (nSPS) is 11.9. The summed E-state index contributed by atoms with van der Waals surface area (Å²) in [6.07, 6.45) is 4.39. The number of ether oxygens (including phenoxy) is 2. The Labute approximate surface area is 209 Å². The number of benzene rings is 3. The number of para-hydroxylation sites is 1. The number of methoxy groups -OCH3 is 2. The monoisotopic (exact) mass is 480 g/mol. The van der Waals surface area contributed by atoms with Crippen molar-refractivity contribution in [1.82, 2.24) is 19.9 Å². The van der Waals surface area contributed by atoms with Gasteiger partial charge in [-0.2, -0.15) is 0 Å². The number of H-pyrrole nitrogens is 1. The molecule has 0 radical (unpaired) electrons. The molecule has 3 aromatic carbocycles. The fraction of sp³-hybridized carbons (Fsp3) is 0.172. The topological polar surface area (TPSA) is 81.2 Å². The lowest BCUT2D eigenvalue weighted by atomic mass is 10.0. The maximum Gasteiger partial charge on any atom is 0.251 e. The minimum absolute atomic E-state index is 0.183. The first-order chi connectivity index (χ1) is 17.6. The molecule has 1 unspecified atom stereocenters. The van der Waals surface area contributed by atoms with E-state index in [1.54, 1.807) is 38.5 Å². The van der Waals surface area contributed by atoms with E-state index in [9.17, 15) is 4.79 Å². The summed E-state index contributed by atoms with van der Waals surface area (Å²) < 4.78 is 12.8. The summed E-state index contributed by atoms with van der Waals surface area (Å²) >= 11 is 0. The van der Waals surface area contributed by atoms with Gasteiger partial charge in [-0.15, -0.1) is 6.58 Å². The molecule has 5 rings (SSSR count). The van der Waals surface area contributed by atoms with Crippen LogP contribution in [0.3, 0.4) is 0 Å². The molecule has 36 heavy (non-hydrogen) atoms. The molecular weight excluding hydrogens is 452 g/mol. The minimum atomic E-state index is -0.392. The number of aromatic amines is 1. The highest BCUT2D eigenvalue weighted by molar-refractivity contribution is 5.94. The number of fused-ring (bicyclic) bond motifs is 2. The number of hydrogen-bond donors (Lipinski definition) is 2. The third-order valence-corrected chi connectivity index (χ3v) is 6.36. The second kappa shape index (κ2) is 10.00. The lowest BCUT2D eigenvalue weighted by Gasteiger charge is -2.20. The smallest absolute Gasteiger partial charge is 0.251 e. The molecule has 1 atom stereocenters. The molecule has 7 nitrogen and oxygen atoms in total. The number of nitrogens with one attached hydrogen (secondary N) is 2. The zero-order valence-electron chi connectivity index (χ0n) is 20.3. The van der Waals surface area contributed by atoms with E-state index in [2.05, 4.69) is 27.5 Å². The summed E-state index contributed by atoms with van der Waals surface area (Å²) in [6.45, 7) is 4.49. The number of nitrogens with zero attached hydrogens (tertiary/aromatic N) is 2. The van der Waals surface area contributed by atoms with E-state index >= 15 is 0 Å². The third kappa shape index (κ3) is 4.43. The number of aromatic nitrogens is 3. The molecule has 0 aliphatic rings. The van der Waals surface area contributed by atoms with Crippen LogP contribution in [0.4, 0.5) is 0 Å². The largest absolute Gasteiger partial charge is 0.497 e. The van der Waals surface area contributed by atoms with Gasteiger partial charge in [-0.05, 0) is 48.0 Å². The average molecular weight is 481 g/mol. The van der Waals surface area contributed by atoms with Crippen LogP contribution in [0.1, 0.15) is 27.8 Å². The molecule has 0 saturated heterocycles. The van der Waals surface area contributed by atoms with E-state index in [-0.39, 0.29) is 5.91 Å². The van der Waals surface area contributed by atoms with E-state index < -0.39 is 6.04 Å². The van der Waals surface area contributed by atoms with E-state index in [0.29, 0.717) is 24.3 Å². The predicted octanol–water partition coefficient (Wildman–Crippen LogP) is 5.43. The van der Waals surface area contributed by atoms with Crippen LogP contribution in [0, 0.1) is 0 Å². The van der Waals surface area contributed by atoms with Crippen molar-refractivity contribution in [2.24, 2.45) is 0 Å². The maximum atomic E-state index is 13.4. The van der Waals surface area contributed by atoms with E-state index in [4.69, 9.17) is 14.5 Å². The number of imidazole rings is 1. The van der Waals surface area contributed by atoms with Crippen molar-refractivity contribution < 1.29 is 14.3 Å². The lowest BCUT2D eigenvalue weighted by Crippen LogP contribution is -2.32. The minimum Gasteiger partial charge on any atom is -0.497 e. The SMILES string of the molecule is C=CCn1c(C(Cc2c[nH]c3ccccc23)NC(=O)c2ccc(OC)cc2)nc2ccc(OC)cc21. The Balaban J connectivity index is 1.58. The molecule has 0 fully saturated rings. The lowest BCUT2D eigenvalue weighted by molar-refractivity contribution is 0.0934. The van der Waals surface area contributed by atoms with Crippen molar-refractivity contribution in [3.05, 3.63) is 103 Å². The molecule has 2 aromatic heterocycles. The molecule has 0 aliphatic heterocycles. The van der Waals surface area contributed by atoms with Gasteiger partial charge in [-0.1, -0.05) is 24.3 Å². The van der Waals surface area contributed by atoms with Gasteiger partial charge < -0.3 is 24.3 Å². The highest BCUT2D eigenvalue weighted by Gasteiger charge is 2.24. The molecule has 2 heterocycles. The summed E-state index contributed by atoms with van der Waals surface area (Å²) in [5.41, 5.74) is 4.45. The molecule has 1 amide bonds. The van der Waals surface area contributed by atoms with Gasteiger partial charge in [-0.25, -0.2) is 4.98 Å². The van der Waals surface area contributed by atoms with Crippen molar-refractivity contribution in [2.75, 3.05) is 14.2 Å². The molecule has 2 N–H and O–H groups in total. The highest BCUT2D eigenvalue weighted by atomic mass is 16.5. The van der Waals surface area contributed by atoms with Crippen LogP contribution in [0.5, 0.6) is 11.5 Å². The maximum absolute atomic E-state index is 13.4. The van der Waals surface area contributed by atoms with Gasteiger partial charge >= 0.3 is 0 Å². The fourth-order valence-corrected chi connectivity index (χ4v) is 4.55. The van der Waals surface area contributed by atoms with E-state index in [1.165, 1.54) is 0 Å². The van der Waals surface area contributed by atoms with Crippen molar-refractivity contribution in [1.29, 1.82) is 0 Å². The Bertz CT molecular complexity index is 1530. The zero-order valence-corrected chi connectivity index (χ0v) is 20.3. The van der Waals surface area contributed by atoms with Crippen LogP contribution in [0.25, 0.3) is 21.9 Å². The van der Waals surface area contributed by atoms with Crippen LogP contribution >= 0.6 is 0 Å². The van der Waals surface area contributed by atoms with Crippen LogP contribution in [0.15, 0.2) is 85.6 Å². The molecule has 0 spiro atoms. The summed E-state index contributed by atoms with van der Waals surface area (Å²) in [6, 6.07) is 20.6. The van der Waals surface area contributed by atoms with Crippen molar-refractivity contribution >= 4 is 27.8 Å². The van der Waals surface area contributed by atoms with Crippen LogP contribution in [-0.4, -0.2) is 34.7 Å². The first-order valence-corrected chi connectivity index (χ1v) is 11.8. The molecule has 7 heteroatoms. The second-order valence-electron chi connectivity index (χ2n) is 8.54. The van der Waals surface area contributed by atoms with Gasteiger partial charge in [0.15, 0.2) is 0 Å². The molecule has 0 saturated carbocycles. The molecule has 5 aromatic rings. The van der Waals surface area contributed by atoms with Gasteiger partial charge in [0.1, 0.15) is 17.3 Å². The van der Waals surface area contributed by atoms with Crippen molar-refractivity contribution in [3.8, 4) is 11.5 Å². The number of carbonyl (C=O) groups excluding carboxylic acids is 1. The van der Waals surface area contributed by atoms with Crippen LogP contribution < -0.4 is 14.8 Å². The van der Waals surface area contributed by atoms with Crippen LogP contribution in [0.2, 0.25) is 0 Å². The number of rotatable bonds is 9. The van der Waals surface area contributed by atoms with Crippen molar-refractivity contribution in [3.63, 3.8) is 0 Å². The highest BCUT2D eigenvalue weighted by Crippen LogP contribution is 2.29. The van der Waals surface area contributed by atoms with Crippen molar-refractivity contribution in [2.45, 2.75) is 19.0 Å². The Hall–Kier alpha value is -4.52. The van der Waals surface area contributed by atoms with E-state index in [1.807, 2.05) is 48.7 Å². The molecule has 182 valence electrons. The molecular formula is C29H28N4O3. The number of amides is 1. The fourth-order valence-electron chi connectivity index (χ4n) is 4.55. The molecule has 0 aliphatic carbocycles. The Morgan fingerprint density at radius 3 is 2.58 bits per heavy atom. The average Bonchev–Trinajstić information content (AvgIpc) is 3.49.